The fourth-order valence-electron chi connectivity index (χ4n) is 1.15. The summed E-state index contributed by atoms with van der Waals surface area (Å²) in [6.45, 7) is 4.94. The molecule has 16 heavy (non-hydrogen) atoms. The van der Waals surface area contributed by atoms with Crippen molar-refractivity contribution in [1.82, 2.24) is 5.32 Å². The van der Waals surface area contributed by atoms with Crippen LogP contribution in [-0.4, -0.2) is 25.6 Å². The molecule has 4 heteroatoms. The van der Waals surface area contributed by atoms with Gasteiger partial charge >= 0.3 is 0 Å². The van der Waals surface area contributed by atoms with Crippen molar-refractivity contribution in [2.24, 2.45) is 5.73 Å². The number of carbonyl (C=O) groups excluding carboxylic acids is 1. The van der Waals surface area contributed by atoms with E-state index in [9.17, 15) is 4.79 Å². The average molecular weight is 220 g/mol. The van der Waals surface area contributed by atoms with Gasteiger partial charge in [0.1, 0.15) is 12.4 Å². The van der Waals surface area contributed by atoms with Gasteiger partial charge < -0.3 is 15.8 Å². The number of hydrogen-bond donors (Lipinski definition) is 2. The van der Waals surface area contributed by atoms with Crippen molar-refractivity contribution in [3.63, 3.8) is 0 Å². The Morgan fingerprint density at radius 3 is 2.69 bits per heavy atom. The number of nitrogens with one attached hydrogen (secondary N) is 1. The minimum atomic E-state index is -0.120. The summed E-state index contributed by atoms with van der Waals surface area (Å²) < 4.78 is 5.30. The summed E-state index contributed by atoms with van der Waals surface area (Å²) in [7, 11) is 0. The van der Waals surface area contributed by atoms with Crippen LogP contribution < -0.4 is 15.8 Å². The van der Waals surface area contributed by atoms with Gasteiger partial charge in [0, 0.05) is 18.7 Å². The van der Waals surface area contributed by atoms with Gasteiger partial charge in [-0.3, -0.25) is 4.79 Å². The van der Waals surface area contributed by atoms with E-state index in [-0.39, 0.29) is 5.91 Å². The lowest BCUT2D eigenvalue weighted by atomic mass is 10.2. The Balaban J connectivity index is 2.56. The lowest BCUT2D eigenvalue weighted by Gasteiger charge is -2.05. The van der Waals surface area contributed by atoms with Crippen LogP contribution in [0.2, 0.25) is 0 Å². The second kappa shape index (κ2) is 6.63. The van der Waals surface area contributed by atoms with Crippen molar-refractivity contribution in [3.05, 3.63) is 42.5 Å². The summed E-state index contributed by atoms with van der Waals surface area (Å²) in [5.41, 5.74) is 5.91. The van der Waals surface area contributed by atoms with E-state index in [0.717, 1.165) is 0 Å². The molecule has 4 nitrogen and oxygen atoms in total. The van der Waals surface area contributed by atoms with Crippen molar-refractivity contribution in [2.75, 3.05) is 19.7 Å². The Morgan fingerprint density at radius 1 is 1.44 bits per heavy atom. The van der Waals surface area contributed by atoms with Crippen LogP contribution in [0.15, 0.2) is 36.9 Å². The first-order valence-electron chi connectivity index (χ1n) is 5.10. The zero-order chi connectivity index (χ0) is 11.8. The quantitative estimate of drug-likeness (QED) is 0.701. The standard InChI is InChI=1S/C12H16N2O2/c1-2-8-14-12(15)10-3-5-11(6-4-10)16-9-7-13/h2-6H,1,7-9,13H2,(H,14,15). The van der Waals surface area contributed by atoms with Crippen LogP contribution in [0.4, 0.5) is 0 Å². The van der Waals surface area contributed by atoms with Crippen LogP contribution in [0.5, 0.6) is 5.75 Å². The van der Waals surface area contributed by atoms with Crippen molar-refractivity contribution >= 4 is 5.91 Å². The van der Waals surface area contributed by atoms with E-state index in [1.54, 1.807) is 30.3 Å². The molecule has 0 bridgehead atoms. The highest BCUT2D eigenvalue weighted by Crippen LogP contribution is 2.11. The van der Waals surface area contributed by atoms with Crippen LogP contribution in [0.25, 0.3) is 0 Å². The Morgan fingerprint density at radius 2 is 2.12 bits per heavy atom. The Labute approximate surface area is 95.1 Å². The number of ether oxygens (including phenoxy) is 1. The molecule has 0 unspecified atom stereocenters. The third-order valence-electron chi connectivity index (χ3n) is 1.91. The largest absolute Gasteiger partial charge is 0.492 e. The maximum absolute atomic E-state index is 11.5. The monoisotopic (exact) mass is 220 g/mol. The van der Waals surface area contributed by atoms with Crippen LogP contribution in [0, 0.1) is 0 Å². The van der Waals surface area contributed by atoms with E-state index in [4.69, 9.17) is 10.5 Å². The summed E-state index contributed by atoms with van der Waals surface area (Å²) in [5, 5.41) is 2.69. The molecule has 0 radical (unpaired) electrons. The first-order chi connectivity index (χ1) is 7.77. The molecular formula is C12H16N2O2. The predicted molar refractivity (Wildman–Crippen MR) is 63.5 cm³/mol. The minimum absolute atomic E-state index is 0.120. The first-order valence-corrected chi connectivity index (χ1v) is 5.10. The second-order valence-corrected chi connectivity index (χ2v) is 3.16. The molecule has 0 aliphatic carbocycles. The van der Waals surface area contributed by atoms with E-state index >= 15 is 0 Å². The molecule has 1 rings (SSSR count). The number of amides is 1. The molecule has 86 valence electrons. The van der Waals surface area contributed by atoms with Crippen molar-refractivity contribution in [1.29, 1.82) is 0 Å². The lowest BCUT2D eigenvalue weighted by Crippen LogP contribution is -2.23. The number of rotatable bonds is 6. The van der Waals surface area contributed by atoms with Gasteiger partial charge in [0.25, 0.3) is 5.91 Å². The van der Waals surface area contributed by atoms with E-state index in [2.05, 4.69) is 11.9 Å². The van der Waals surface area contributed by atoms with Gasteiger partial charge in [-0.1, -0.05) is 6.08 Å². The van der Waals surface area contributed by atoms with Crippen molar-refractivity contribution in [2.45, 2.75) is 0 Å². The maximum atomic E-state index is 11.5. The third kappa shape index (κ3) is 3.74. The molecule has 0 atom stereocenters. The molecule has 0 saturated carbocycles. The summed E-state index contributed by atoms with van der Waals surface area (Å²) >= 11 is 0. The molecule has 1 amide bonds. The third-order valence-corrected chi connectivity index (χ3v) is 1.91. The Bertz CT molecular complexity index is 347. The van der Waals surface area contributed by atoms with Crippen LogP contribution in [0.1, 0.15) is 10.4 Å². The van der Waals surface area contributed by atoms with E-state index in [1.165, 1.54) is 0 Å². The fourth-order valence-corrected chi connectivity index (χ4v) is 1.15. The Kier molecular flexibility index (Phi) is 5.08. The lowest BCUT2D eigenvalue weighted by molar-refractivity contribution is 0.0958. The highest BCUT2D eigenvalue weighted by atomic mass is 16.5. The number of benzene rings is 1. The summed E-state index contributed by atoms with van der Waals surface area (Å²) in [6, 6.07) is 6.92. The molecular weight excluding hydrogens is 204 g/mol. The van der Waals surface area contributed by atoms with Crippen LogP contribution in [-0.2, 0) is 0 Å². The van der Waals surface area contributed by atoms with Gasteiger partial charge in [-0.2, -0.15) is 0 Å². The van der Waals surface area contributed by atoms with Gasteiger partial charge in [-0.15, -0.1) is 6.58 Å². The summed E-state index contributed by atoms with van der Waals surface area (Å²) in [5.74, 6) is 0.594. The van der Waals surface area contributed by atoms with Crippen LogP contribution in [0.3, 0.4) is 0 Å². The SMILES string of the molecule is C=CCNC(=O)c1ccc(OCCN)cc1. The predicted octanol–water partition coefficient (Wildman–Crippen LogP) is 0.940. The highest BCUT2D eigenvalue weighted by molar-refractivity contribution is 5.94. The van der Waals surface area contributed by atoms with E-state index < -0.39 is 0 Å². The highest BCUT2D eigenvalue weighted by Gasteiger charge is 2.03. The molecule has 1 aromatic rings. The van der Waals surface area contributed by atoms with Gasteiger partial charge in [-0.25, -0.2) is 0 Å². The summed E-state index contributed by atoms with van der Waals surface area (Å²) in [6.07, 6.45) is 1.64. The Hall–Kier alpha value is -1.81. The zero-order valence-electron chi connectivity index (χ0n) is 9.11. The molecule has 3 N–H and O–H groups in total. The first kappa shape index (κ1) is 12.3. The minimum Gasteiger partial charge on any atom is -0.492 e. The number of carbonyl (C=O) groups is 1. The fraction of sp³-hybridized carbons (Fsp3) is 0.250. The van der Waals surface area contributed by atoms with Gasteiger partial charge in [-0.05, 0) is 24.3 Å². The molecule has 0 aromatic heterocycles. The molecule has 0 saturated heterocycles. The van der Waals surface area contributed by atoms with Gasteiger partial charge in [0.15, 0.2) is 0 Å². The molecule has 0 aliphatic heterocycles. The average Bonchev–Trinajstić information content (AvgIpc) is 2.34. The number of nitrogens with two attached hydrogens (primary N) is 1. The van der Waals surface area contributed by atoms with Gasteiger partial charge in [0.05, 0.1) is 0 Å². The van der Waals surface area contributed by atoms with Crippen LogP contribution >= 0.6 is 0 Å². The van der Waals surface area contributed by atoms with Crippen molar-refractivity contribution < 1.29 is 9.53 Å². The van der Waals surface area contributed by atoms with Gasteiger partial charge in [0.2, 0.25) is 0 Å². The smallest absolute Gasteiger partial charge is 0.251 e. The number of hydrogen-bond acceptors (Lipinski definition) is 3. The van der Waals surface area contributed by atoms with Crippen molar-refractivity contribution in [3.8, 4) is 5.75 Å². The van der Waals surface area contributed by atoms with E-state index in [0.29, 0.717) is 31.0 Å². The molecule has 0 heterocycles. The topological polar surface area (TPSA) is 64.3 Å². The molecule has 0 fully saturated rings. The second-order valence-electron chi connectivity index (χ2n) is 3.16. The van der Waals surface area contributed by atoms with E-state index in [1.807, 2.05) is 0 Å². The maximum Gasteiger partial charge on any atom is 0.251 e. The normalized spacial score (nSPS) is 9.56. The molecule has 0 spiro atoms. The zero-order valence-corrected chi connectivity index (χ0v) is 9.11. The molecule has 1 aromatic carbocycles. The molecule has 0 aliphatic rings. The summed E-state index contributed by atoms with van der Waals surface area (Å²) in [4.78, 5) is 11.5.